The predicted molar refractivity (Wildman–Crippen MR) is 57.3 cm³/mol. The third-order valence-electron chi connectivity index (χ3n) is 2.61. The Hall–Kier alpha value is -0.120. The molecule has 0 radical (unpaired) electrons. The lowest BCUT2D eigenvalue weighted by Crippen LogP contribution is -2.45. The van der Waals surface area contributed by atoms with E-state index < -0.39 is 0 Å². The van der Waals surface area contributed by atoms with Gasteiger partial charge in [-0.2, -0.15) is 0 Å². The fourth-order valence-corrected chi connectivity index (χ4v) is 1.97. The lowest BCUT2D eigenvalue weighted by molar-refractivity contribution is 0.0607. The van der Waals surface area contributed by atoms with Crippen molar-refractivity contribution in [2.24, 2.45) is 5.92 Å². The maximum Gasteiger partial charge on any atom is 0.0619 e. The van der Waals surface area contributed by atoms with E-state index in [0.29, 0.717) is 12.0 Å². The summed E-state index contributed by atoms with van der Waals surface area (Å²) in [6.45, 7) is 6.29. The van der Waals surface area contributed by atoms with Crippen molar-refractivity contribution in [3.05, 3.63) is 0 Å². The molecule has 0 amide bonds. The molecule has 0 aliphatic carbocycles. The first-order valence-corrected chi connectivity index (χ1v) is 5.67. The standard InChI is InChI=1S/C11H23NO2/c1-9(2)6-11(7-13)12-10-4-3-5-14-8-10/h9-13H,3-8H2,1-2H3. The SMILES string of the molecule is CC(C)CC(CO)NC1CCCOC1. The molecule has 3 nitrogen and oxygen atoms in total. The zero-order chi connectivity index (χ0) is 10.4. The molecule has 3 heteroatoms. The molecule has 14 heavy (non-hydrogen) atoms. The molecule has 1 aliphatic heterocycles. The summed E-state index contributed by atoms with van der Waals surface area (Å²) in [5, 5.41) is 12.7. The van der Waals surface area contributed by atoms with Crippen LogP contribution < -0.4 is 5.32 Å². The molecule has 0 saturated carbocycles. The number of aliphatic hydroxyl groups is 1. The van der Waals surface area contributed by atoms with Crippen LogP contribution >= 0.6 is 0 Å². The van der Waals surface area contributed by atoms with Gasteiger partial charge in [-0.3, -0.25) is 0 Å². The number of hydrogen-bond donors (Lipinski definition) is 2. The molecule has 2 atom stereocenters. The number of rotatable bonds is 5. The van der Waals surface area contributed by atoms with Crippen LogP contribution in [0.1, 0.15) is 33.1 Å². The van der Waals surface area contributed by atoms with Gasteiger partial charge >= 0.3 is 0 Å². The van der Waals surface area contributed by atoms with Gasteiger partial charge in [0.15, 0.2) is 0 Å². The highest BCUT2D eigenvalue weighted by molar-refractivity contribution is 4.76. The molecular formula is C11H23NO2. The van der Waals surface area contributed by atoms with Crippen LogP contribution in [0.25, 0.3) is 0 Å². The van der Waals surface area contributed by atoms with Crippen molar-refractivity contribution in [2.75, 3.05) is 19.8 Å². The van der Waals surface area contributed by atoms with Crippen LogP contribution in [-0.4, -0.2) is 37.0 Å². The molecule has 2 N–H and O–H groups in total. The summed E-state index contributed by atoms with van der Waals surface area (Å²) in [4.78, 5) is 0. The molecule has 1 heterocycles. The highest BCUT2D eigenvalue weighted by Crippen LogP contribution is 2.10. The second-order valence-corrected chi connectivity index (χ2v) is 4.59. The third-order valence-corrected chi connectivity index (χ3v) is 2.61. The summed E-state index contributed by atoms with van der Waals surface area (Å²) >= 11 is 0. The summed E-state index contributed by atoms with van der Waals surface area (Å²) in [6.07, 6.45) is 3.35. The van der Waals surface area contributed by atoms with Gasteiger partial charge in [0, 0.05) is 18.7 Å². The summed E-state index contributed by atoms with van der Waals surface area (Å²) < 4.78 is 5.39. The third kappa shape index (κ3) is 4.40. The Kier molecular flexibility index (Phi) is 5.45. The van der Waals surface area contributed by atoms with Crippen LogP contribution in [0.4, 0.5) is 0 Å². The number of aliphatic hydroxyl groups excluding tert-OH is 1. The van der Waals surface area contributed by atoms with Crippen molar-refractivity contribution in [1.29, 1.82) is 0 Å². The lowest BCUT2D eigenvalue weighted by Gasteiger charge is -2.28. The maximum atomic E-state index is 9.20. The quantitative estimate of drug-likeness (QED) is 0.701. The van der Waals surface area contributed by atoms with Crippen molar-refractivity contribution in [2.45, 2.75) is 45.2 Å². The van der Waals surface area contributed by atoms with Gasteiger partial charge in [-0.1, -0.05) is 13.8 Å². The summed E-state index contributed by atoms with van der Waals surface area (Å²) in [6, 6.07) is 0.682. The molecule has 2 unspecified atom stereocenters. The highest BCUT2D eigenvalue weighted by atomic mass is 16.5. The van der Waals surface area contributed by atoms with E-state index in [1.165, 1.54) is 6.42 Å². The van der Waals surface area contributed by atoms with Gasteiger partial charge in [0.25, 0.3) is 0 Å². The van der Waals surface area contributed by atoms with Gasteiger partial charge in [-0.05, 0) is 25.2 Å². The highest BCUT2D eigenvalue weighted by Gasteiger charge is 2.18. The maximum absolute atomic E-state index is 9.20. The first kappa shape index (κ1) is 12.0. The fraction of sp³-hybridized carbons (Fsp3) is 1.00. The fourth-order valence-electron chi connectivity index (χ4n) is 1.97. The minimum absolute atomic E-state index is 0.231. The Bertz CT molecular complexity index is 144. The van der Waals surface area contributed by atoms with Gasteiger partial charge in [-0.15, -0.1) is 0 Å². The van der Waals surface area contributed by atoms with Crippen LogP contribution in [0.2, 0.25) is 0 Å². The van der Waals surface area contributed by atoms with Crippen molar-refractivity contribution in [3.8, 4) is 0 Å². The molecule has 0 aromatic heterocycles. The molecule has 1 fully saturated rings. The number of ether oxygens (including phenoxy) is 1. The first-order valence-electron chi connectivity index (χ1n) is 5.67. The van der Waals surface area contributed by atoms with E-state index in [0.717, 1.165) is 26.1 Å². The van der Waals surface area contributed by atoms with Gasteiger partial charge in [0.1, 0.15) is 0 Å². The zero-order valence-corrected chi connectivity index (χ0v) is 9.33. The molecule has 0 spiro atoms. The van der Waals surface area contributed by atoms with Crippen molar-refractivity contribution >= 4 is 0 Å². The van der Waals surface area contributed by atoms with Gasteiger partial charge in [0.05, 0.1) is 13.2 Å². The number of nitrogens with one attached hydrogen (secondary N) is 1. The summed E-state index contributed by atoms with van der Waals surface area (Å²) in [5.74, 6) is 0.629. The minimum atomic E-state index is 0.231. The second-order valence-electron chi connectivity index (χ2n) is 4.59. The first-order chi connectivity index (χ1) is 6.72. The van der Waals surface area contributed by atoms with Crippen molar-refractivity contribution in [1.82, 2.24) is 5.32 Å². The Morgan fingerprint density at radius 3 is 2.79 bits per heavy atom. The van der Waals surface area contributed by atoms with E-state index in [4.69, 9.17) is 4.74 Å². The largest absolute Gasteiger partial charge is 0.395 e. The average molecular weight is 201 g/mol. The van der Waals surface area contributed by atoms with Crippen molar-refractivity contribution < 1.29 is 9.84 Å². The van der Waals surface area contributed by atoms with Crippen LogP contribution in [0.3, 0.4) is 0 Å². The smallest absolute Gasteiger partial charge is 0.0619 e. The van der Waals surface area contributed by atoms with E-state index in [1.54, 1.807) is 0 Å². The Morgan fingerprint density at radius 1 is 1.50 bits per heavy atom. The van der Waals surface area contributed by atoms with Crippen molar-refractivity contribution in [3.63, 3.8) is 0 Å². The monoisotopic (exact) mass is 201 g/mol. The Morgan fingerprint density at radius 2 is 2.29 bits per heavy atom. The van der Waals surface area contributed by atoms with Crippen LogP contribution in [0.15, 0.2) is 0 Å². The topological polar surface area (TPSA) is 41.5 Å². The lowest BCUT2D eigenvalue weighted by atomic mass is 10.0. The van der Waals surface area contributed by atoms with Gasteiger partial charge in [-0.25, -0.2) is 0 Å². The van der Waals surface area contributed by atoms with Crippen LogP contribution in [-0.2, 0) is 4.74 Å². The average Bonchev–Trinajstić information content (AvgIpc) is 2.17. The molecule has 0 bridgehead atoms. The predicted octanol–water partition coefficient (Wildman–Crippen LogP) is 1.16. The molecule has 0 aromatic carbocycles. The molecule has 1 saturated heterocycles. The van der Waals surface area contributed by atoms with E-state index in [9.17, 15) is 5.11 Å². The molecular weight excluding hydrogens is 178 g/mol. The molecule has 1 aliphatic rings. The molecule has 0 aromatic rings. The minimum Gasteiger partial charge on any atom is -0.395 e. The van der Waals surface area contributed by atoms with Gasteiger partial charge < -0.3 is 15.2 Å². The Balaban J connectivity index is 2.23. The van der Waals surface area contributed by atoms with E-state index in [1.807, 2.05) is 0 Å². The van der Waals surface area contributed by atoms with Crippen LogP contribution in [0.5, 0.6) is 0 Å². The molecule has 1 rings (SSSR count). The number of hydrogen-bond acceptors (Lipinski definition) is 3. The summed E-state index contributed by atoms with van der Waals surface area (Å²) in [5.41, 5.74) is 0. The van der Waals surface area contributed by atoms with E-state index in [2.05, 4.69) is 19.2 Å². The Labute approximate surface area is 86.8 Å². The van der Waals surface area contributed by atoms with E-state index in [-0.39, 0.29) is 12.6 Å². The normalized spacial score (nSPS) is 25.3. The second kappa shape index (κ2) is 6.38. The van der Waals surface area contributed by atoms with Crippen LogP contribution in [0, 0.1) is 5.92 Å². The summed E-state index contributed by atoms with van der Waals surface area (Å²) in [7, 11) is 0. The zero-order valence-electron chi connectivity index (χ0n) is 9.33. The van der Waals surface area contributed by atoms with E-state index >= 15 is 0 Å². The molecule has 84 valence electrons. The van der Waals surface area contributed by atoms with Gasteiger partial charge in [0.2, 0.25) is 0 Å².